The minimum Gasteiger partial charge on any atom is -0.368 e. The molecule has 0 aromatic carbocycles. The molecule has 0 rings (SSSR count). The number of carbonyl (C=O) groups is 1. The molecule has 1 amide bonds. The van der Waals surface area contributed by atoms with Gasteiger partial charge in [-0.05, 0) is 6.42 Å². The molecule has 0 aromatic rings. The van der Waals surface area contributed by atoms with Crippen molar-refractivity contribution >= 4 is 5.91 Å². The van der Waals surface area contributed by atoms with E-state index in [-0.39, 0.29) is 0 Å². The molecule has 0 saturated heterocycles. The fraction of sp³-hybridized carbons (Fsp3) is 0.833. The number of primary amides is 1. The first kappa shape index (κ1) is 8.43. The van der Waals surface area contributed by atoms with E-state index in [0.29, 0.717) is 6.42 Å². The minimum atomic E-state index is -0.440. The van der Waals surface area contributed by atoms with Gasteiger partial charge in [0.2, 0.25) is 5.91 Å². The molecule has 0 aliphatic carbocycles. The van der Waals surface area contributed by atoms with E-state index in [9.17, 15) is 4.79 Å². The van der Waals surface area contributed by atoms with Crippen LogP contribution in [-0.4, -0.2) is 11.9 Å². The number of amides is 1. The Labute approximate surface area is 55.4 Å². The zero-order valence-electron chi connectivity index (χ0n) is 5.76. The number of unbranched alkanes of at least 4 members (excludes halogenated alkanes) is 1. The van der Waals surface area contributed by atoms with Crippen LogP contribution in [0.3, 0.4) is 0 Å². The van der Waals surface area contributed by atoms with Gasteiger partial charge in [-0.3, -0.25) is 4.79 Å². The Bertz CT molecular complexity index is 93.1. The van der Waals surface area contributed by atoms with Gasteiger partial charge in [0.1, 0.15) is 0 Å². The summed E-state index contributed by atoms with van der Waals surface area (Å²) in [5, 5.41) is 0. The highest BCUT2D eigenvalue weighted by Gasteiger charge is 2.06. The summed E-state index contributed by atoms with van der Waals surface area (Å²) in [5.74, 6) is -0.400. The predicted molar refractivity (Wildman–Crippen MR) is 36.7 cm³/mol. The molecule has 0 unspecified atom stereocenters. The van der Waals surface area contributed by atoms with Crippen LogP contribution in [0, 0.1) is 0 Å². The van der Waals surface area contributed by atoms with E-state index in [1.807, 2.05) is 6.92 Å². The van der Waals surface area contributed by atoms with Crippen LogP contribution < -0.4 is 11.5 Å². The van der Waals surface area contributed by atoms with Gasteiger partial charge in [0.15, 0.2) is 0 Å². The van der Waals surface area contributed by atoms with Crippen molar-refractivity contribution in [2.45, 2.75) is 32.2 Å². The number of rotatable bonds is 4. The Morgan fingerprint density at radius 2 is 2.22 bits per heavy atom. The van der Waals surface area contributed by atoms with Crippen molar-refractivity contribution in [3.05, 3.63) is 0 Å². The SMILES string of the molecule is CCCC[C@@H](N)C(N)=O. The average molecular weight is 130 g/mol. The fourth-order valence-electron chi connectivity index (χ4n) is 0.566. The quantitative estimate of drug-likeness (QED) is 0.562. The van der Waals surface area contributed by atoms with Crippen LogP contribution in [0.4, 0.5) is 0 Å². The first-order valence-electron chi connectivity index (χ1n) is 3.23. The van der Waals surface area contributed by atoms with Gasteiger partial charge in [-0.2, -0.15) is 0 Å². The summed E-state index contributed by atoms with van der Waals surface area (Å²) >= 11 is 0. The predicted octanol–water partition coefficient (Wildman–Crippen LogP) is -0.0108. The molecule has 9 heavy (non-hydrogen) atoms. The van der Waals surface area contributed by atoms with Crippen molar-refractivity contribution < 1.29 is 4.79 Å². The third kappa shape index (κ3) is 3.97. The van der Waals surface area contributed by atoms with E-state index >= 15 is 0 Å². The van der Waals surface area contributed by atoms with Gasteiger partial charge in [-0.1, -0.05) is 19.8 Å². The Kier molecular flexibility index (Phi) is 4.05. The second-order valence-electron chi connectivity index (χ2n) is 2.15. The van der Waals surface area contributed by atoms with E-state index in [4.69, 9.17) is 11.5 Å². The van der Waals surface area contributed by atoms with E-state index in [1.165, 1.54) is 0 Å². The molecule has 54 valence electrons. The highest BCUT2D eigenvalue weighted by atomic mass is 16.1. The van der Waals surface area contributed by atoms with Gasteiger partial charge >= 0.3 is 0 Å². The maximum atomic E-state index is 10.3. The summed E-state index contributed by atoms with van der Waals surface area (Å²) in [6.45, 7) is 2.05. The standard InChI is InChI=1S/C6H14N2O/c1-2-3-4-5(7)6(8)9/h5H,2-4,7H2,1H3,(H2,8,9)/t5-/m1/s1. The van der Waals surface area contributed by atoms with Gasteiger partial charge in [-0.15, -0.1) is 0 Å². The van der Waals surface area contributed by atoms with E-state index in [0.717, 1.165) is 12.8 Å². The molecule has 0 heterocycles. The molecule has 0 aromatic heterocycles. The third-order valence-electron chi connectivity index (χ3n) is 1.23. The summed E-state index contributed by atoms with van der Waals surface area (Å²) in [5.41, 5.74) is 10.2. The van der Waals surface area contributed by atoms with Gasteiger partial charge < -0.3 is 11.5 Å². The van der Waals surface area contributed by atoms with E-state index in [2.05, 4.69) is 0 Å². The van der Waals surface area contributed by atoms with Crippen LogP contribution in [0.25, 0.3) is 0 Å². The Morgan fingerprint density at radius 3 is 2.56 bits per heavy atom. The Balaban J connectivity index is 3.27. The van der Waals surface area contributed by atoms with Crippen molar-refractivity contribution in [2.24, 2.45) is 11.5 Å². The lowest BCUT2D eigenvalue weighted by atomic mass is 10.1. The monoisotopic (exact) mass is 130 g/mol. The number of hydrogen-bond acceptors (Lipinski definition) is 2. The molecule has 1 atom stereocenters. The minimum absolute atomic E-state index is 0.400. The molecule has 3 nitrogen and oxygen atoms in total. The topological polar surface area (TPSA) is 69.1 Å². The van der Waals surface area contributed by atoms with Gasteiger partial charge in [0.25, 0.3) is 0 Å². The molecule has 0 saturated carbocycles. The van der Waals surface area contributed by atoms with Crippen molar-refractivity contribution in [1.29, 1.82) is 0 Å². The normalized spacial score (nSPS) is 13.1. The maximum Gasteiger partial charge on any atom is 0.234 e. The number of nitrogens with two attached hydrogens (primary N) is 2. The van der Waals surface area contributed by atoms with Crippen LogP contribution in [0.1, 0.15) is 26.2 Å². The summed E-state index contributed by atoms with van der Waals surface area (Å²) in [6, 6.07) is -0.440. The zero-order valence-corrected chi connectivity index (χ0v) is 5.76. The van der Waals surface area contributed by atoms with Crippen LogP contribution in [0.5, 0.6) is 0 Å². The van der Waals surface area contributed by atoms with Crippen molar-refractivity contribution in [2.75, 3.05) is 0 Å². The van der Waals surface area contributed by atoms with Crippen LogP contribution in [-0.2, 0) is 4.79 Å². The Morgan fingerprint density at radius 1 is 1.67 bits per heavy atom. The first-order chi connectivity index (χ1) is 4.18. The molecule has 0 aliphatic rings. The highest BCUT2D eigenvalue weighted by molar-refractivity contribution is 5.79. The molecular formula is C6H14N2O. The summed E-state index contributed by atoms with van der Waals surface area (Å²) in [7, 11) is 0. The van der Waals surface area contributed by atoms with Gasteiger partial charge in [0, 0.05) is 0 Å². The molecular weight excluding hydrogens is 116 g/mol. The fourth-order valence-corrected chi connectivity index (χ4v) is 0.566. The van der Waals surface area contributed by atoms with Crippen molar-refractivity contribution in [1.82, 2.24) is 0 Å². The summed E-state index contributed by atoms with van der Waals surface area (Å²) in [6.07, 6.45) is 2.75. The molecule has 0 spiro atoms. The molecule has 0 bridgehead atoms. The Hall–Kier alpha value is -0.570. The maximum absolute atomic E-state index is 10.3. The number of carbonyl (C=O) groups excluding carboxylic acids is 1. The highest BCUT2D eigenvalue weighted by Crippen LogP contribution is 1.96. The first-order valence-corrected chi connectivity index (χ1v) is 3.23. The van der Waals surface area contributed by atoms with Crippen molar-refractivity contribution in [3.8, 4) is 0 Å². The smallest absolute Gasteiger partial charge is 0.234 e. The molecule has 0 aliphatic heterocycles. The zero-order chi connectivity index (χ0) is 7.28. The van der Waals surface area contributed by atoms with Crippen LogP contribution >= 0.6 is 0 Å². The second-order valence-corrected chi connectivity index (χ2v) is 2.15. The average Bonchev–Trinajstić information content (AvgIpc) is 1.82. The molecule has 0 radical (unpaired) electrons. The third-order valence-corrected chi connectivity index (χ3v) is 1.23. The van der Waals surface area contributed by atoms with Crippen LogP contribution in [0.15, 0.2) is 0 Å². The molecule has 4 N–H and O–H groups in total. The lowest BCUT2D eigenvalue weighted by Gasteiger charge is -2.03. The van der Waals surface area contributed by atoms with E-state index < -0.39 is 11.9 Å². The van der Waals surface area contributed by atoms with Crippen LogP contribution in [0.2, 0.25) is 0 Å². The molecule has 3 heteroatoms. The van der Waals surface area contributed by atoms with Crippen molar-refractivity contribution in [3.63, 3.8) is 0 Å². The summed E-state index contributed by atoms with van der Waals surface area (Å²) in [4.78, 5) is 10.3. The van der Waals surface area contributed by atoms with Gasteiger partial charge in [-0.25, -0.2) is 0 Å². The summed E-state index contributed by atoms with van der Waals surface area (Å²) < 4.78 is 0. The van der Waals surface area contributed by atoms with E-state index in [1.54, 1.807) is 0 Å². The largest absolute Gasteiger partial charge is 0.368 e. The number of hydrogen-bond donors (Lipinski definition) is 2. The van der Waals surface area contributed by atoms with Gasteiger partial charge in [0.05, 0.1) is 6.04 Å². The molecule has 0 fully saturated rings. The lowest BCUT2D eigenvalue weighted by Crippen LogP contribution is -2.36. The lowest BCUT2D eigenvalue weighted by molar-refractivity contribution is -0.119. The second kappa shape index (κ2) is 4.32.